The summed E-state index contributed by atoms with van der Waals surface area (Å²) in [5.41, 5.74) is 2.95. The first-order valence-corrected chi connectivity index (χ1v) is 12.4. The molecule has 0 N–H and O–H groups in total. The molecule has 1 aromatic heterocycles. The highest BCUT2D eigenvalue weighted by atomic mass is 32.2. The molecule has 1 saturated heterocycles. The van der Waals surface area contributed by atoms with E-state index in [1.807, 2.05) is 61.2 Å². The van der Waals surface area contributed by atoms with Gasteiger partial charge in [-0.3, -0.25) is 4.79 Å². The van der Waals surface area contributed by atoms with Crippen LogP contribution in [-0.4, -0.2) is 48.6 Å². The third kappa shape index (κ3) is 5.22. The molecule has 1 aliphatic heterocycles. The molecular formula is C24H27N3O2S2. The van der Waals surface area contributed by atoms with Crippen LogP contribution in [0.1, 0.15) is 28.0 Å². The van der Waals surface area contributed by atoms with Crippen molar-refractivity contribution >= 4 is 34.7 Å². The number of aryl methyl sites for hydroxylation is 1. The van der Waals surface area contributed by atoms with Gasteiger partial charge in [0.05, 0.1) is 28.6 Å². The maximum atomic E-state index is 13.3. The van der Waals surface area contributed by atoms with Gasteiger partial charge in [-0.1, -0.05) is 24.3 Å². The number of ether oxygens (including phenoxy) is 1. The van der Waals surface area contributed by atoms with Crippen LogP contribution in [0.25, 0.3) is 0 Å². The highest BCUT2D eigenvalue weighted by molar-refractivity contribution is 7.98. The van der Waals surface area contributed by atoms with E-state index in [0.717, 1.165) is 51.4 Å². The van der Waals surface area contributed by atoms with E-state index in [0.29, 0.717) is 19.7 Å². The van der Waals surface area contributed by atoms with Crippen LogP contribution < -0.4 is 9.64 Å². The highest BCUT2D eigenvalue weighted by Gasteiger charge is 2.25. The van der Waals surface area contributed by atoms with E-state index in [2.05, 4.69) is 21.3 Å². The number of thioether (sulfide) groups is 1. The molecule has 31 heavy (non-hydrogen) atoms. The summed E-state index contributed by atoms with van der Waals surface area (Å²) in [5, 5.41) is 3.16. The van der Waals surface area contributed by atoms with E-state index in [-0.39, 0.29) is 5.91 Å². The maximum absolute atomic E-state index is 13.3. The summed E-state index contributed by atoms with van der Waals surface area (Å²) in [4.78, 5) is 23.1. The van der Waals surface area contributed by atoms with Gasteiger partial charge in [-0.05, 0) is 38.1 Å². The highest BCUT2D eigenvalue weighted by Crippen LogP contribution is 2.30. The molecule has 0 atom stereocenters. The summed E-state index contributed by atoms with van der Waals surface area (Å²) in [5.74, 6) is 1.79. The molecule has 162 valence electrons. The third-order valence-corrected chi connectivity index (χ3v) is 7.16. The first-order chi connectivity index (χ1) is 15.2. The van der Waals surface area contributed by atoms with E-state index >= 15 is 0 Å². The minimum absolute atomic E-state index is 0.107. The summed E-state index contributed by atoms with van der Waals surface area (Å²) >= 11 is 3.34. The molecule has 2 aromatic carbocycles. The number of para-hydroxylation sites is 2. The van der Waals surface area contributed by atoms with Crippen molar-refractivity contribution in [2.75, 3.05) is 37.7 Å². The normalized spacial score (nSPS) is 14.0. The fraction of sp³-hybridized carbons (Fsp3) is 0.333. The molecule has 1 amide bonds. The Morgan fingerprint density at radius 3 is 2.58 bits per heavy atom. The number of carbonyl (C=O) groups excluding carboxylic acids is 1. The predicted octanol–water partition coefficient (Wildman–Crippen LogP) is 5.10. The third-order valence-electron chi connectivity index (χ3n) is 5.23. The monoisotopic (exact) mass is 453 g/mol. The molecule has 0 unspecified atom stereocenters. The number of hydrogen-bond acceptors (Lipinski definition) is 6. The van der Waals surface area contributed by atoms with Crippen LogP contribution in [0, 0.1) is 6.92 Å². The van der Waals surface area contributed by atoms with Crippen molar-refractivity contribution in [1.29, 1.82) is 0 Å². The second kappa shape index (κ2) is 10.2. The number of benzene rings is 2. The van der Waals surface area contributed by atoms with E-state index in [1.54, 1.807) is 23.1 Å². The number of anilines is 1. The molecule has 3 aromatic rings. The lowest BCUT2D eigenvalue weighted by Gasteiger charge is -2.37. The Morgan fingerprint density at radius 2 is 1.84 bits per heavy atom. The average molecular weight is 454 g/mol. The first-order valence-electron chi connectivity index (χ1n) is 10.5. The molecule has 0 spiro atoms. The van der Waals surface area contributed by atoms with Crippen LogP contribution in [0.3, 0.4) is 0 Å². The number of thiazole rings is 1. The van der Waals surface area contributed by atoms with E-state index in [4.69, 9.17) is 4.74 Å². The Kier molecular flexibility index (Phi) is 7.14. The minimum Gasteiger partial charge on any atom is -0.492 e. The molecule has 0 saturated carbocycles. The molecule has 7 heteroatoms. The minimum atomic E-state index is 0.107. The zero-order valence-corrected chi connectivity index (χ0v) is 19.5. The first kappa shape index (κ1) is 21.7. The van der Waals surface area contributed by atoms with Crippen molar-refractivity contribution < 1.29 is 9.53 Å². The number of carbonyl (C=O) groups is 1. The lowest BCUT2D eigenvalue weighted by molar-refractivity contribution is 0.0743. The standard InChI is InChI=1S/C24H27N3O2S2/c1-3-29-22-10-6-5-9-21(22)26-12-14-27(15-13-26)24(28)20-8-4-7-11-23(20)31-17-19-16-30-18(2)25-19/h4-11,16H,3,12-15,17H2,1-2H3. The quantitative estimate of drug-likeness (QED) is 0.466. The average Bonchev–Trinajstić information content (AvgIpc) is 3.23. The number of piperazine rings is 1. The van der Waals surface area contributed by atoms with Crippen LogP contribution in [0.5, 0.6) is 5.75 Å². The van der Waals surface area contributed by atoms with Gasteiger partial charge in [-0.2, -0.15) is 0 Å². The van der Waals surface area contributed by atoms with Gasteiger partial charge in [0.15, 0.2) is 0 Å². The Morgan fingerprint density at radius 1 is 1.10 bits per heavy atom. The van der Waals surface area contributed by atoms with Gasteiger partial charge in [0.1, 0.15) is 5.75 Å². The molecule has 5 nitrogen and oxygen atoms in total. The van der Waals surface area contributed by atoms with Crippen molar-refractivity contribution in [2.45, 2.75) is 24.5 Å². The molecule has 2 heterocycles. The van der Waals surface area contributed by atoms with Gasteiger partial charge >= 0.3 is 0 Å². The molecule has 0 radical (unpaired) electrons. The molecular weight excluding hydrogens is 426 g/mol. The second-order valence-electron chi connectivity index (χ2n) is 7.32. The summed E-state index contributed by atoms with van der Waals surface area (Å²) < 4.78 is 5.79. The van der Waals surface area contributed by atoms with Gasteiger partial charge in [-0.25, -0.2) is 4.98 Å². The molecule has 1 aliphatic rings. The van der Waals surface area contributed by atoms with Gasteiger partial charge in [0.2, 0.25) is 0 Å². The zero-order valence-electron chi connectivity index (χ0n) is 17.9. The SMILES string of the molecule is CCOc1ccccc1N1CCN(C(=O)c2ccccc2SCc2csc(C)n2)CC1. The van der Waals surface area contributed by atoms with Crippen molar-refractivity contribution in [2.24, 2.45) is 0 Å². The van der Waals surface area contributed by atoms with Crippen LogP contribution in [0.2, 0.25) is 0 Å². The maximum Gasteiger partial charge on any atom is 0.255 e. The van der Waals surface area contributed by atoms with Crippen molar-refractivity contribution in [3.63, 3.8) is 0 Å². The van der Waals surface area contributed by atoms with E-state index < -0.39 is 0 Å². The van der Waals surface area contributed by atoms with Gasteiger partial charge in [0, 0.05) is 42.2 Å². The fourth-order valence-electron chi connectivity index (χ4n) is 3.71. The van der Waals surface area contributed by atoms with Crippen molar-refractivity contribution in [3.8, 4) is 5.75 Å². The Labute approximate surface area is 192 Å². The summed E-state index contributed by atoms with van der Waals surface area (Å²) in [6, 6.07) is 16.0. The molecule has 0 bridgehead atoms. The largest absolute Gasteiger partial charge is 0.492 e. The summed E-state index contributed by atoms with van der Waals surface area (Å²) in [6.45, 7) is 7.64. The van der Waals surface area contributed by atoms with Crippen molar-refractivity contribution in [1.82, 2.24) is 9.88 Å². The number of aromatic nitrogens is 1. The summed E-state index contributed by atoms with van der Waals surface area (Å²) in [6.07, 6.45) is 0. The predicted molar refractivity (Wildman–Crippen MR) is 129 cm³/mol. The second-order valence-corrected chi connectivity index (χ2v) is 9.40. The summed E-state index contributed by atoms with van der Waals surface area (Å²) in [7, 11) is 0. The Balaban J connectivity index is 1.41. The zero-order chi connectivity index (χ0) is 21.6. The lowest BCUT2D eigenvalue weighted by atomic mass is 10.1. The topological polar surface area (TPSA) is 45.7 Å². The van der Waals surface area contributed by atoms with Crippen LogP contribution >= 0.6 is 23.1 Å². The Bertz CT molecular complexity index is 1030. The van der Waals surface area contributed by atoms with Gasteiger partial charge in [0.25, 0.3) is 5.91 Å². The number of amides is 1. The number of hydrogen-bond donors (Lipinski definition) is 0. The Hall–Kier alpha value is -2.51. The fourth-order valence-corrected chi connectivity index (χ4v) is 5.37. The van der Waals surface area contributed by atoms with Gasteiger partial charge in [-0.15, -0.1) is 23.1 Å². The smallest absolute Gasteiger partial charge is 0.255 e. The van der Waals surface area contributed by atoms with Crippen LogP contribution in [-0.2, 0) is 5.75 Å². The van der Waals surface area contributed by atoms with Crippen molar-refractivity contribution in [3.05, 3.63) is 70.2 Å². The molecule has 1 fully saturated rings. The van der Waals surface area contributed by atoms with E-state index in [1.165, 1.54) is 0 Å². The van der Waals surface area contributed by atoms with E-state index in [9.17, 15) is 4.79 Å². The van der Waals surface area contributed by atoms with Crippen LogP contribution in [0.4, 0.5) is 5.69 Å². The number of rotatable bonds is 7. The molecule has 0 aliphatic carbocycles. The van der Waals surface area contributed by atoms with Crippen LogP contribution in [0.15, 0.2) is 58.8 Å². The number of nitrogens with zero attached hydrogens (tertiary/aromatic N) is 3. The lowest BCUT2D eigenvalue weighted by Crippen LogP contribution is -2.49. The molecule has 4 rings (SSSR count). The van der Waals surface area contributed by atoms with Gasteiger partial charge < -0.3 is 14.5 Å².